The van der Waals surface area contributed by atoms with Crippen molar-refractivity contribution in [2.24, 2.45) is 10.7 Å². The van der Waals surface area contributed by atoms with Gasteiger partial charge in [-0.25, -0.2) is 0 Å². The Morgan fingerprint density at radius 2 is 2.20 bits per heavy atom. The van der Waals surface area contributed by atoms with Crippen LogP contribution in [0.1, 0.15) is 26.7 Å². The average molecular weight is 345 g/mol. The van der Waals surface area contributed by atoms with Crippen molar-refractivity contribution in [3.05, 3.63) is 59.9 Å². The summed E-state index contributed by atoms with van der Waals surface area (Å²) in [6, 6.07) is 0. The highest BCUT2D eigenvalue weighted by atomic mass is 15.1. The average Bonchev–Trinajstić information content (AvgIpc) is 2.67. The molecular weight excluding hydrogens is 308 g/mol. The summed E-state index contributed by atoms with van der Waals surface area (Å²) in [4.78, 5) is 6.26. The van der Waals surface area contributed by atoms with Crippen LogP contribution in [0.25, 0.3) is 0 Å². The Bertz CT molecular complexity index is 498. The Balaban J connectivity index is 0.00000277. The maximum atomic E-state index is 4.50. The first-order valence-electron chi connectivity index (χ1n) is 9.05. The van der Waals surface area contributed by atoms with E-state index >= 15 is 0 Å². The maximum absolute atomic E-state index is 4.50. The molecule has 4 heteroatoms. The Morgan fingerprint density at radius 1 is 1.44 bits per heavy atom. The van der Waals surface area contributed by atoms with Crippen LogP contribution in [0.5, 0.6) is 0 Å². The maximum Gasteiger partial charge on any atom is 0.0305 e. The molecule has 0 atom stereocenters. The number of nitrogens with one attached hydrogen (secondary N) is 1. The highest BCUT2D eigenvalue weighted by Crippen LogP contribution is 2.20. The summed E-state index contributed by atoms with van der Waals surface area (Å²) in [6.07, 6.45) is 14.9. The number of aliphatic imine (C=N–C) groups is 1. The van der Waals surface area contributed by atoms with Crippen molar-refractivity contribution in [3.8, 4) is 0 Å². The molecule has 1 aliphatic heterocycles. The lowest BCUT2D eigenvalue weighted by Gasteiger charge is -2.27. The number of rotatable bonds is 10. The fourth-order valence-corrected chi connectivity index (χ4v) is 2.57. The third-order valence-electron chi connectivity index (χ3n) is 3.96. The largest absolute Gasteiger partial charge is 0.333 e. The molecule has 4 nitrogen and oxygen atoms in total. The number of nitrogens with two attached hydrogens (primary N) is 1. The van der Waals surface area contributed by atoms with Crippen molar-refractivity contribution in [1.29, 1.82) is 0 Å². The van der Waals surface area contributed by atoms with Gasteiger partial charge in [-0.2, -0.15) is 0 Å². The quantitative estimate of drug-likeness (QED) is 0.362. The Kier molecular flexibility index (Phi) is 14.7. The lowest BCUT2D eigenvalue weighted by atomic mass is 9.98. The van der Waals surface area contributed by atoms with Gasteiger partial charge in [0.2, 0.25) is 0 Å². The van der Waals surface area contributed by atoms with Crippen LogP contribution in [-0.2, 0) is 0 Å². The summed E-state index contributed by atoms with van der Waals surface area (Å²) < 4.78 is 0. The fourth-order valence-electron chi connectivity index (χ4n) is 2.57. The van der Waals surface area contributed by atoms with Gasteiger partial charge in [-0.15, -0.1) is 0 Å². The molecule has 1 heterocycles. The molecule has 140 valence electrons. The first-order valence-corrected chi connectivity index (χ1v) is 9.05. The zero-order valence-electron chi connectivity index (χ0n) is 16.3. The van der Waals surface area contributed by atoms with Crippen molar-refractivity contribution in [1.82, 2.24) is 10.2 Å². The Labute approximate surface area is 154 Å². The van der Waals surface area contributed by atoms with E-state index in [4.69, 9.17) is 0 Å². The lowest BCUT2D eigenvalue weighted by Crippen LogP contribution is -2.35. The molecule has 0 aromatic heterocycles. The second kappa shape index (κ2) is 15.8. The number of nitrogens with zero attached hydrogens (tertiary/aromatic N) is 2. The highest BCUT2D eigenvalue weighted by molar-refractivity contribution is 5.40. The number of hydrogen-bond donors (Lipinski definition) is 2. The van der Waals surface area contributed by atoms with E-state index in [9.17, 15) is 0 Å². The summed E-state index contributed by atoms with van der Waals surface area (Å²) in [5, 5.41) is 3.43. The van der Waals surface area contributed by atoms with E-state index in [0.717, 1.165) is 51.1 Å². The summed E-state index contributed by atoms with van der Waals surface area (Å²) >= 11 is 0. The van der Waals surface area contributed by atoms with Gasteiger partial charge in [0.25, 0.3) is 0 Å². The van der Waals surface area contributed by atoms with E-state index in [1.165, 1.54) is 18.2 Å². The second-order valence-electron chi connectivity index (χ2n) is 5.60. The first-order chi connectivity index (χ1) is 12.2. The van der Waals surface area contributed by atoms with Crippen LogP contribution in [0.2, 0.25) is 0 Å². The normalized spacial score (nSPS) is 16.2. The van der Waals surface area contributed by atoms with Gasteiger partial charge in [0.05, 0.1) is 0 Å². The van der Waals surface area contributed by atoms with Crippen molar-refractivity contribution in [2.45, 2.75) is 26.7 Å². The standard InChI is InChI=1S/C20H31N3.CH5N/c1-5-8-9-19(7-3)20-10-13-23(14-11-20)15-12-22-17-18(6-2)16-21-4;1-2/h6-10,16,22H,2,4-5,11-15,17H2,1,3H3;2H2,1H3/b9-8-,18-16+,19-7+;. The zero-order valence-corrected chi connectivity index (χ0v) is 16.3. The molecule has 3 N–H and O–H groups in total. The summed E-state index contributed by atoms with van der Waals surface area (Å²) in [6.45, 7) is 16.5. The number of hydrogen-bond acceptors (Lipinski definition) is 4. The SMILES string of the molecule is C=C/C(=C\N=C)CNCCN1CC=C(C(/C=C\CC)=C/C)CC1.CN. The van der Waals surface area contributed by atoms with Crippen LogP contribution in [0, 0.1) is 0 Å². The predicted molar refractivity (Wildman–Crippen MR) is 113 cm³/mol. The molecular formula is C21H36N4. The molecule has 0 fully saturated rings. The molecule has 0 amide bonds. The molecule has 0 spiro atoms. The molecule has 0 bridgehead atoms. The lowest BCUT2D eigenvalue weighted by molar-refractivity contribution is 0.295. The minimum atomic E-state index is 0.794. The van der Waals surface area contributed by atoms with Crippen LogP contribution in [0.15, 0.2) is 64.9 Å². The van der Waals surface area contributed by atoms with Crippen molar-refractivity contribution >= 4 is 6.72 Å². The highest BCUT2D eigenvalue weighted by Gasteiger charge is 2.12. The molecule has 0 aromatic rings. The Morgan fingerprint density at radius 3 is 2.72 bits per heavy atom. The molecule has 0 saturated heterocycles. The van der Waals surface area contributed by atoms with Gasteiger partial charge in [-0.1, -0.05) is 43.9 Å². The van der Waals surface area contributed by atoms with E-state index < -0.39 is 0 Å². The summed E-state index contributed by atoms with van der Waals surface area (Å²) in [7, 11) is 1.50. The molecule has 1 rings (SSSR count). The molecule has 0 aromatic carbocycles. The van der Waals surface area contributed by atoms with Gasteiger partial charge in [0.15, 0.2) is 0 Å². The van der Waals surface area contributed by atoms with Gasteiger partial charge >= 0.3 is 0 Å². The molecule has 0 unspecified atom stereocenters. The number of allylic oxidation sites excluding steroid dienone is 4. The molecule has 1 aliphatic rings. The van der Waals surface area contributed by atoms with Gasteiger partial charge in [0.1, 0.15) is 0 Å². The van der Waals surface area contributed by atoms with Crippen LogP contribution in [0.4, 0.5) is 0 Å². The third-order valence-corrected chi connectivity index (χ3v) is 3.96. The fraction of sp³-hybridized carbons (Fsp3) is 0.476. The predicted octanol–water partition coefficient (Wildman–Crippen LogP) is 3.47. The zero-order chi connectivity index (χ0) is 18.9. The van der Waals surface area contributed by atoms with E-state index in [1.807, 2.05) is 6.08 Å². The first kappa shape index (κ1) is 23.2. The van der Waals surface area contributed by atoms with Crippen LogP contribution < -0.4 is 11.1 Å². The van der Waals surface area contributed by atoms with Crippen molar-refractivity contribution < 1.29 is 0 Å². The van der Waals surface area contributed by atoms with E-state index in [0.29, 0.717) is 0 Å². The van der Waals surface area contributed by atoms with Gasteiger partial charge < -0.3 is 11.1 Å². The molecule has 0 radical (unpaired) electrons. The summed E-state index contributed by atoms with van der Waals surface area (Å²) in [5.41, 5.74) is 8.43. The van der Waals surface area contributed by atoms with Gasteiger partial charge in [-0.3, -0.25) is 9.89 Å². The minimum absolute atomic E-state index is 0.794. The minimum Gasteiger partial charge on any atom is -0.333 e. The van der Waals surface area contributed by atoms with E-state index in [1.54, 1.807) is 6.20 Å². The van der Waals surface area contributed by atoms with Crippen molar-refractivity contribution in [3.63, 3.8) is 0 Å². The van der Waals surface area contributed by atoms with E-state index in [-0.39, 0.29) is 0 Å². The molecule has 0 saturated carbocycles. The van der Waals surface area contributed by atoms with Crippen LogP contribution in [-0.4, -0.2) is 51.4 Å². The molecule has 25 heavy (non-hydrogen) atoms. The van der Waals surface area contributed by atoms with Gasteiger partial charge in [-0.05, 0) is 50.2 Å². The van der Waals surface area contributed by atoms with Crippen LogP contribution >= 0.6 is 0 Å². The summed E-state index contributed by atoms with van der Waals surface area (Å²) in [5.74, 6) is 0. The smallest absolute Gasteiger partial charge is 0.0305 e. The third kappa shape index (κ3) is 9.97. The second-order valence-corrected chi connectivity index (χ2v) is 5.60. The molecule has 0 aliphatic carbocycles. The topological polar surface area (TPSA) is 53.7 Å². The van der Waals surface area contributed by atoms with Crippen LogP contribution in [0.3, 0.4) is 0 Å². The van der Waals surface area contributed by atoms with Gasteiger partial charge in [0, 0.05) is 38.9 Å². The Hall–Kier alpha value is -1.75. The monoisotopic (exact) mass is 344 g/mol. The van der Waals surface area contributed by atoms with E-state index in [2.05, 4.69) is 72.4 Å². The van der Waals surface area contributed by atoms with Crippen molar-refractivity contribution in [2.75, 3.05) is 39.8 Å².